The average Bonchev–Trinajstić information content (AvgIpc) is 3.43. The first kappa shape index (κ1) is 31.0. The molecule has 0 spiro atoms. The summed E-state index contributed by atoms with van der Waals surface area (Å²) < 4.78 is 38.5. The van der Waals surface area contributed by atoms with Gasteiger partial charge in [0, 0.05) is 42.8 Å². The fraction of sp³-hybridized carbons (Fsp3) is 0.515. The van der Waals surface area contributed by atoms with Crippen LogP contribution in [0, 0.1) is 23.0 Å². The molecule has 7 atom stereocenters. The summed E-state index contributed by atoms with van der Waals surface area (Å²) in [4.78, 5) is 30.5. The number of rotatable bonds is 8. The third kappa shape index (κ3) is 5.14. The molecule has 3 aliphatic rings. The molecule has 12 nitrogen and oxygen atoms in total. The summed E-state index contributed by atoms with van der Waals surface area (Å²) in [5.74, 6) is -0.543. The lowest BCUT2D eigenvalue weighted by Gasteiger charge is -2.60. The zero-order valence-corrected chi connectivity index (χ0v) is 26.4. The number of benzene rings is 2. The van der Waals surface area contributed by atoms with Crippen LogP contribution in [0.25, 0.3) is 10.9 Å². The Balaban J connectivity index is 1.32. The number of H-pyrrole nitrogens is 1. The van der Waals surface area contributed by atoms with Crippen LogP contribution in [0.3, 0.4) is 0 Å². The molecule has 1 aliphatic carbocycles. The molecule has 0 radical (unpaired) electrons. The number of fused-ring (bicyclic) bond motifs is 6. The molecule has 1 unspecified atom stereocenters. The summed E-state index contributed by atoms with van der Waals surface area (Å²) in [7, 11) is 8.87. The van der Waals surface area contributed by atoms with Crippen LogP contribution < -0.4 is 18.9 Å². The highest BCUT2D eigenvalue weighted by atomic mass is 16.6. The number of hydrogen-bond acceptors (Lipinski definition) is 10. The van der Waals surface area contributed by atoms with Crippen LogP contribution in [-0.4, -0.2) is 89.5 Å². The van der Waals surface area contributed by atoms with Gasteiger partial charge >= 0.3 is 11.9 Å². The van der Waals surface area contributed by atoms with E-state index in [1.54, 1.807) is 7.11 Å². The van der Waals surface area contributed by atoms with Gasteiger partial charge in [-0.05, 0) is 42.2 Å². The highest BCUT2D eigenvalue weighted by molar-refractivity contribution is 5.91. The second kappa shape index (κ2) is 12.1. The number of nitrogens with zero attached hydrogens (tertiary/aromatic N) is 1. The number of quaternary nitrogens is 1. The van der Waals surface area contributed by atoms with E-state index in [1.165, 1.54) is 47.7 Å². The second-order valence-corrected chi connectivity index (χ2v) is 12.1. The largest absolute Gasteiger partial charge is 0.632 e. The van der Waals surface area contributed by atoms with Gasteiger partial charge in [0.15, 0.2) is 11.5 Å². The Kier molecular flexibility index (Phi) is 8.31. The van der Waals surface area contributed by atoms with Crippen LogP contribution in [0.2, 0.25) is 0 Å². The van der Waals surface area contributed by atoms with Crippen LogP contribution in [-0.2, 0) is 25.4 Å². The normalized spacial score (nSPS) is 28.7. The van der Waals surface area contributed by atoms with Gasteiger partial charge in [0.05, 0.1) is 65.8 Å². The molecule has 0 amide bonds. The number of nitrogens with one attached hydrogen (secondary N) is 1. The summed E-state index contributed by atoms with van der Waals surface area (Å²) >= 11 is 0. The summed E-state index contributed by atoms with van der Waals surface area (Å²) in [6.07, 6.45) is -0.0846. The number of aromatic nitrogens is 1. The number of ether oxygens (including phenoxy) is 7. The van der Waals surface area contributed by atoms with Crippen molar-refractivity contribution in [1.82, 2.24) is 4.98 Å². The van der Waals surface area contributed by atoms with Gasteiger partial charge in [-0.25, -0.2) is 4.79 Å². The molecule has 1 saturated heterocycles. The van der Waals surface area contributed by atoms with E-state index in [2.05, 4.69) is 4.98 Å². The van der Waals surface area contributed by atoms with E-state index >= 15 is 0 Å². The van der Waals surface area contributed by atoms with Gasteiger partial charge in [0.1, 0.15) is 24.0 Å². The topological polar surface area (TPSA) is 138 Å². The van der Waals surface area contributed by atoms with E-state index in [0.717, 1.165) is 27.9 Å². The van der Waals surface area contributed by atoms with Gasteiger partial charge in [0.2, 0.25) is 5.75 Å². The zero-order chi connectivity index (χ0) is 32.0. The Morgan fingerprint density at radius 2 is 1.67 bits per heavy atom. The van der Waals surface area contributed by atoms with Crippen LogP contribution in [0.15, 0.2) is 30.3 Å². The third-order valence-electron chi connectivity index (χ3n) is 10.1. The van der Waals surface area contributed by atoms with Gasteiger partial charge in [-0.1, -0.05) is 0 Å². The van der Waals surface area contributed by atoms with Crippen molar-refractivity contribution in [3.8, 4) is 23.0 Å². The molecule has 1 N–H and O–H groups in total. The number of hydrogen-bond donors (Lipinski definition) is 1. The van der Waals surface area contributed by atoms with E-state index in [9.17, 15) is 14.8 Å². The molecule has 1 aromatic heterocycles. The SMILES string of the molecule is COC(=O)[C@H]1[C@H]2C[C@@H]3c4[nH]c5cc(OC)ccc5c4CC[N+]3([O-])C[C@H]2C[C@@H](OC(=O)c2cc(OC)c(OC)c(OC)c2)[C@@H]1OC. The number of hydroxylamine groups is 3. The molecule has 242 valence electrons. The van der Waals surface area contributed by atoms with Gasteiger partial charge < -0.3 is 48.0 Å². The van der Waals surface area contributed by atoms with E-state index in [1.807, 2.05) is 18.2 Å². The summed E-state index contributed by atoms with van der Waals surface area (Å²) in [5.41, 5.74) is 3.18. The van der Waals surface area contributed by atoms with Gasteiger partial charge in [-0.15, -0.1) is 0 Å². The molecule has 45 heavy (non-hydrogen) atoms. The van der Waals surface area contributed by atoms with Crippen molar-refractivity contribution >= 4 is 22.8 Å². The Bertz CT molecular complexity index is 1580. The molecule has 0 bridgehead atoms. The van der Waals surface area contributed by atoms with Gasteiger partial charge in [0.25, 0.3) is 0 Å². The van der Waals surface area contributed by atoms with Crippen molar-refractivity contribution in [3.05, 3.63) is 52.4 Å². The Morgan fingerprint density at radius 3 is 2.29 bits per heavy atom. The van der Waals surface area contributed by atoms with Crippen molar-refractivity contribution in [3.63, 3.8) is 0 Å². The predicted octanol–water partition coefficient (Wildman–Crippen LogP) is 4.18. The van der Waals surface area contributed by atoms with Crippen molar-refractivity contribution in [2.24, 2.45) is 17.8 Å². The highest BCUT2D eigenvalue weighted by Crippen LogP contribution is 2.53. The quantitative estimate of drug-likeness (QED) is 0.221. The first-order valence-electron chi connectivity index (χ1n) is 15.1. The van der Waals surface area contributed by atoms with Crippen LogP contribution in [0.5, 0.6) is 23.0 Å². The first-order chi connectivity index (χ1) is 21.7. The Hall–Kier alpha value is -4.00. The second-order valence-electron chi connectivity index (χ2n) is 12.1. The van der Waals surface area contributed by atoms with Crippen molar-refractivity contribution < 1.29 is 47.4 Å². The molecule has 2 aromatic carbocycles. The van der Waals surface area contributed by atoms with Gasteiger partial charge in [-0.3, -0.25) is 4.79 Å². The average molecular weight is 625 g/mol. The predicted molar refractivity (Wildman–Crippen MR) is 162 cm³/mol. The number of aromatic amines is 1. The zero-order valence-electron chi connectivity index (χ0n) is 26.4. The lowest BCUT2D eigenvalue weighted by atomic mass is 9.63. The van der Waals surface area contributed by atoms with Crippen molar-refractivity contribution in [1.29, 1.82) is 0 Å². The number of methoxy groups -OCH3 is 6. The maximum Gasteiger partial charge on any atom is 0.338 e. The van der Waals surface area contributed by atoms with Gasteiger partial charge in [-0.2, -0.15) is 0 Å². The molecule has 3 aromatic rings. The summed E-state index contributed by atoms with van der Waals surface area (Å²) in [6.45, 7) is 0.710. The molecule has 6 rings (SSSR count). The maximum absolute atomic E-state index is 14.6. The van der Waals surface area contributed by atoms with Crippen molar-refractivity contribution in [2.45, 2.75) is 37.5 Å². The molecule has 3 heterocycles. The lowest BCUT2D eigenvalue weighted by molar-refractivity contribution is -0.924. The van der Waals surface area contributed by atoms with Crippen LogP contribution >= 0.6 is 0 Å². The summed E-state index contributed by atoms with van der Waals surface area (Å²) in [5, 5.41) is 15.7. The monoisotopic (exact) mass is 624 g/mol. The minimum Gasteiger partial charge on any atom is -0.632 e. The van der Waals surface area contributed by atoms with Crippen molar-refractivity contribution in [2.75, 3.05) is 55.7 Å². The Labute approximate surface area is 261 Å². The highest BCUT2D eigenvalue weighted by Gasteiger charge is 2.57. The number of carbonyl (C=O) groups excluding carboxylic acids is 2. The molecular formula is C33H40N2O10. The minimum atomic E-state index is -0.795. The Morgan fingerprint density at radius 1 is 0.933 bits per heavy atom. The molecule has 1 saturated carbocycles. The molecular weight excluding hydrogens is 584 g/mol. The number of esters is 2. The lowest BCUT2D eigenvalue weighted by Crippen LogP contribution is -2.63. The maximum atomic E-state index is 14.6. The molecule has 12 heteroatoms. The first-order valence-corrected chi connectivity index (χ1v) is 15.1. The number of carbonyl (C=O) groups is 2. The molecule has 2 aliphatic heterocycles. The fourth-order valence-corrected chi connectivity index (χ4v) is 8.00. The standard InChI is InChI=1S/C33H40N2O10/c1-39-19-7-8-20-21-9-10-35(38)16-18-13-27(45-32(36)17-11-25(40-2)30(42-4)26(12-17)41-3)31(43-5)28(33(37)44-6)22(18)15-24(35)29(21)34-23(20)14-19/h7-8,11-12,14,18,22,24,27-28,31,34H,9-10,13,15-16H2,1-6H3/t18-,22+,24-,27-,28+,31+,35?/m1/s1. The van der Waals surface area contributed by atoms with E-state index < -0.39 is 34.7 Å². The minimum absolute atomic E-state index is 0.186. The third-order valence-corrected chi connectivity index (χ3v) is 10.1. The van der Waals surface area contributed by atoms with Crippen LogP contribution in [0.4, 0.5) is 0 Å². The smallest absolute Gasteiger partial charge is 0.338 e. The van der Waals surface area contributed by atoms with Crippen LogP contribution in [0.1, 0.15) is 40.5 Å². The fourth-order valence-electron chi connectivity index (χ4n) is 8.00. The summed E-state index contributed by atoms with van der Waals surface area (Å²) in [6, 6.07) is 8.56. The van der Waals surface area contributed by atoms with E-state index in [-0.39, 0.29) is 30.0 Å². The van der Waals surface area contributed by atoms with E-state index in [0.29, 0.717) is 43.1 Å². The number of piperidine rings is 1. The van der Waals surface area contributed by atoms with E-state index in [4.69, 9.17) is 33.2 Å². The molecule has 2 fully saturated rings.